The van der Waals surface area contributed by atoms with Gasteiger partial charge in [-0.1, -0.05) is 23.8 Å². The number of hydrogen-bond donors (Lipinski definition) is 2. The molecule has 0 fully saturated rings. The van der Waals surface area contributed by atoms with E-state index in [0.717, 1.165) is 39.2 Å². The van der Waals surface area contributed by atoms with E-state index in [1.807, 2.05) is 43.7 Å². The first-order valence-corrected chi connectivity index (χ1v) is 9.68. The highest BCUT2D eigenvalue weighted by molar-refractivity contribution is 5.98. The molecule has 1 amide bonds. The Labute approximate surface area is 170 Å². The lowest BCUT2D eigenvalue weighted by molar-refractivity contribution is 0.0943. The Morgan fingerprint density at radius 3 is 2.62 bits per heavy atom. The monoisotopic (exact) mass is 387 g/mol. The van der Waals surface area contributed by atoms with Gasteiger partial charge in [0.2, 0.25) is 0 Å². The van der Waals surface area contributed by atoms with Crippen molar-refractivity contribution in [3.8, 4) is 11.3 Å². The van der Waals surface area contributed by atoms with Crippen LogP contribution in [0.2, 0.25) is 0 Å². The summed E-state index contributed by atoms with van der Waals surface area (Å²) in [6.45, 7) is 8.56. The van der Waals surface area contributed by atoms with Crippen molar-refractivity contribution < 1.29 is 4.79 Å². The van der Waals surface area contributed by atoms with E-state index >= 15 is 0 Å². The lowest BCUT2D eigenvalue weighted by atomic mass is 10.1. The third-order valence-corrected chi connectivity index (χ3v) is 5.44. The van der Waals surface area contributed by atoms with Crippen molar-refractivity contribution in [1.82, 2.24) is 25.1 Å². The number of fused-ring (bicyclic) bond motifs is 1. The number of aromatic amines is 1. The highest BCUT2D eigenvalue weighted by Crippen LogP contribution is 2.27. The maximum Gasteiger partial charge on any atom is 0.268 e. The molecule has 6 heteroatoms. The van der Waals surface area contributed by atoms with Gasteiger partial charge in [0.05, 0.1) is 11.4 Å². The summed E-state index contributed by atoms with van der Waals surface area (Å²) in [5, 5.41) is 11.2. The molecule has 0 aliphatic rings. The lowest BCUT2D eigenvalue weighted by Crippen LogP contribution is -2.25. The Balaban J connectivity index is 1.63. The Morgan fingerprint density at radius 1 is 1.10 bits per heavy atom. The average molecular weight is 387 g/mol. The largest absolute Gasteiger partial charge is 0.347 e. The van der Waals surface area contributed by atoms with Crippen LogP contribution in [0.1, 0.15) is 38.6 Å². The smallest absolute Gasteiger partial charge is 0.268 e. The van der Waals surface area contributed by atoms with Crippen molar-refractivity contribution >= 4 is 16.9 Å². The second-order valence-electron chi connectivity index (χ2n) is 7.62. The van der Waals surface area contributed by atoms with Gasteiger partial charge in [0, 0.05) is 30.2 Å². The third kappa shape index (κ3) is 3.42. The number of H-pyrrole nitrogens is 1. The number of carbonyl (C=O) groups is 1. The topological polar surface area (TPSA) is 75.6 Å². The molecule has 0 spiro atoms. The van der Waals surface area contributed by atoms with Crippen LogP contribution in [0, 0.1) is 27.7 Å². The van der Waals surface area contributed by atoms with E-state index in [1.165, 1.54) is 11.1 Å². The van der Waals surface area contributed by atoms with Crippen LogP contribution in [0.3, 0.4) is 0 Å². The van der Waals surface area contributed by atoms with E-state index in [-0.39, 0.29) is 5.91 Å². The summed E-state index contributed by atoms with van der Waals surface area (Å²) in [7, 11) is 1.88. The van der Waals surface area contributed by atoms with Gasteiger partial charge >= 0.3 is 0 Å². The maximum absolute atomic E-state index is 12.9. The fourth-order valence-electron chi connectivity index (χ4n) is 3.74. The zero-order valence-electron chi connectivity index (χ0n) is 17.4. The van der Waals surface area contributed by atoms with E-state index < -0.39 is 0 Å². The second kappa shape index (κ2) is 7.20. The predicted molar refractivity (Wildman–Crippen MR) is 115 cm³/mol. The number of nitrogens with zero attached hydrogens (tertiary/aromatic N) is 3. The number of amides is 1. The molecule has 6 nitrogen and oxygen atoms in total. The molecule has 0 unspecified atom stereocenters. The van der Waals surface area contributed by atoms with Crippen LogP contribution in [-0.4, -0.2) is 25.7 Å². The summed E-state index contributed by atoms with van der Waals surface area (Å²) in [4.78, 5) is 17.7. The molecule has 4 rings (SSSR count). The lowest BCUT2D eigenvalue weighted by Gasteiger charge is -2.10. The van der Waals surface area contributed by atoms with Gasteiger partial charge in [-0.25, -0.2) is 4.98 Å². The summed E-state index contributed by atoms with van der Waals surface area (Å²) in [5.74, 6) is -0.108. The zero-order chi connectivity index (χ0) is 20.7. The molecule has 4 aromatic rings. The first-order valence-electron chi connectivity index (χ1n) is 9.68. The highest BCUT2D eigenvalue weighted by Gasteiger charge is 2.17. The van der Waals surface area contributed by atoms with Crippen LogP contribution in [0.4, 0.5) is 0 Å². The molecule has 3 aromatic heterocycles. The molecule has 2 N–H and O–H groups in total. The van der Waals surface area contributed by atoms with Gasteiger partial charge in [0.25, 0.3) is 5.91 Å². The fourth-order valence-corrected chi connectivity index (χ4v) is 3.74. The van der Waals surface area contributed by atoms with Crippen molar-refractivity contribution in [1.29, 1.82) is 0 Å². The Bertz CT molecular complexity index is 1210. The molecule has 0 bridgehead atoms. The summed E-state index contributed by atoms with van der Waals surface area (Å²) in [6.07, 6.45) is 0. The van der Waals surface area contributed by atoms with Gasteiger partial charge in [-0.2, -0.15) is 5.10 Å². The average Bonchev–Trinajstić information content (AvgIpc) is 3.21. The highest BCUT2D eigenvalue weighted by atomic mass is 16.1. The number of rotatable bonds is 4. The van der Waals surface area contributed by atoms with Crippen molar-refractivity contribution in [2.24, 2.45) is 7.05 Å². The van der Waals surface area contributed by atoms with Crippen molar-refractivity contribution in [3.05, 3.63) is 70.2 Å². The van der Waals surface area contributed by atoms with Gasteiger partial charge in [-0.3, -0.25) is 9.89 Å². The van der Waals surface area contributed by atoms with Crippen LogP contribution in [0.15, 0.2) is 36.4 Å². The molecule has 148 valence electrons. The van der Waals surface area contributed by atoms with E-state index in [1.54, 1.807) is 0 Å². The number of carbonyl (C=O) groups excluding carboxylic acids is 1. The molecule has 0 atom stereocenters. The van der Waals surface area contributed by atoms with Gasteiger partial charge in [-0.15, -0.1) is 0 Å². The van der Waals surface area contributed by atoms with Crippen molar-refractivity contribution in [2.75, 3.05) is 0 Å². The minimum Gasteiger partial charge on any atom is -0.347 e. The van der Waals surface area contributed by atoms with Crippen LogP contribution in [0.25, 0.3) is 22.3 Å². The number of hydrogen-bond acceptors (Lipinski definition) is 3. The molecular weight excluding hydrogens is 362 g/mol. The summed E-state index contributed by atoms with van der Waals surface area (Å²) in [6, 6.07) is 12.1. The van der Waals surface area contributed by atoms with Crippen LogP contribution in [-0.2, 0) is 13.6 Å². The summed E-state index contributed by atoms with van der Waals surface area (Å²) in [5.41, 5.74) is 8.61. The first kappa shape index (κ1) is 18.9. The van der Waals surface area contributed by atoms with E-state index in [9.17, 15) is 4.79 Å². The fraction of sp³-hybridized carbons (Fsp3) is 0.261. The molecule has 29 heavy (non-hydrogen) atoms. The summed E-state index contributed by atoms with van der Waals surface area (Å²) >= 11 is 0. The number of benzene rings is 1. The number of aromatic nitrogens is 4. The summed E-state index contributed by atoms with van der Waals surface area (Å²) < 4.78 is 1.85. The molecule has 0 radical (unpaired) electrons. The Hall–Kier alpha value is -3.41. The van der Waals surface area contributed by atoms with Crippen LogP contribution < -0.4 is 5.32 Å². The van der Waals surface area contributed by atoms with E-state index in [2.05, 4.69) is 47.6 Å². The third-order valence-electron chi connectivity index (χ3n) is 5.44. The molecule has 0 aliphatic heterocycles. The maximum atomic E-state index is 12.9. The number of pyridine rings is 1. The van der Waals surface area contributed by atoms with Crippen molar-refractivity contribution in [2.45, 2.75) is 34.2 Å². The standard InChI is InChI=1S/C23H25N5O/c1-13-6-7-14(2)18(10-13)12-24-23(29)20-11-17-8-9-19(25-22(17)28(20)5)21-15(3)26-27-16(21)4/h6-11H,12H2,1-5H3,(H,24,29)(H,26,27). The van der Waals surface area contributed by atoms with E-state index in [4.69, 9.17) is 4.98 Å². The van der Waals surface area contributed by atoms with Crippen LogP contribution in [0.5, 0.6) is 0 Å². The SMILES string of the molecule is Cc1ccc(C)c(CNC(=O)c2cc3ccc(-c4c(C)n[nH]c4C)nc3n2C)c1. The molecule has 0 saturated heterocycles. The molecule has 0 aliphatic carbocycles. The zero-order valence-corrected chi connectivity index (χ0v) is 17.4. The molecular formula is C23H25N5O. The minimum absolute atomic E-state index is 0.108. The normalized spacial score (nSPS) is 11.2. The predicted octanol–water partition coefficient (Wildman–Crippen LogP) is 4.13. The second-order valence-corrected chi connectivity index (χ2v) is 7.62. The Kier molecular flexibility index (Phi) is 4.70. The van der Waals surface area contributed by atoms with Gasteiger partial charge in [0.1, 0.15) is 11.3 Å². The molecule has 0 saturated carbocycles. The quantitative estimate of drug-likeness (QED) is 0.553. The number of aryl methyl sites for hydroxylation is 5. The molecule has 1 aromatic carbocycles. The first-order chi connectivity index (χ1) is 13.8. The van der Waals surface area contributed by atoms with Gasteiger partial charge < -0.3 is 9.88 Å². The van der Waals surface area contributed by atoms with Crippen LogP contribution >= 0.6 is 0 Å². The van der Waals surface area contributed by atoms with Crippen molar-refractivity contribution in [3.63, 3.8) is 0 Å². The number of nitrogens with one attached hydrogen (secondary N) is 2. The minimum atomic E-state index is -0.108. The van der Waals surface area contributed by atoms with Gasteiger partial charge in [-0.05, 0) is 57.0 Å². The van der Waals surface area contributed by atoms with Gasteiger partial charge in [0.15, 0.2) is 0 Å². The van der Waals surface area contributed by atoms with E-state index in [0.29, 0.717) is 12.2 Å². The molecule has 3 heterocycles. The Morgan fingerprint density at radius 2 is 1.90 bits per heavy atom.